The molecule has 4 nitrogen and oxygen atoms in total. The Morgan fingerprint density at radius 1 is 1.26 bits per heavy atom. The molecule has 1 saturated heterocycles. The molecule has 4 heteroatoms. The van der Waals surface area contributed by atoms with Crippen molar-refractivity contribution in [1.29, 1.82) is 0 Å². The van der Waals surface area contributed by atoms with Crippen molar-refractivity contribution in [1.82, 2.24) is 10.2 Å². The molecule has 0 saturated carbocycles. The molecule has 1 rings (SSSR count). The van der Waals surface area contributed by atoms with E-state index in [4.69, 9.17) is 4.74 Å². The fourth-order valence-electron chi connectivity index (χ4n) is 2.53. The van der Waals surface area contributed by atoms with Gasteiger partial charge in [-0.15, -0.1) is 0 Å². The largest absolute Gasteiger partial charge is 0.466 e. The Morgan fingerprint density at radius 2 is 1.95 bits per heavy atom. The smallest absolute Gasteiger partial charge is 0.305 e. The molecule has 0 aromatic heterocycles. The van der Waals surface area contributed by atoms with Gasteiger partial charge in [-0.2, -0.15) is 0 Å². The summed E-state index contributed by atoms with van der Waals surface area (Å²) in [5, 5.41) is 3.42. The van der Waals surface area contributed by atoms with Gasteiger partial charge in [-0.05, 0) is 66.2 Å². The van der Waals surface area contributed by atoms with Crippen molar-refractivity contribution >= 4 is 5.97 Å². The summed E-state index contributed by atoms with van der Waals surface area (Å²) in [6.07, 6.45) is 6.31. The van der Waals surface area contributed by atoms with Crippen molar-refractivity contribution in [3.05, 3.63) is 0 Å². The second-order valence-corrected chi connectivity index (χ2v) is 5.77. The molecule has 0 aromatic carbocycles. The minimum Gasteiger partial charge on any atom is -0.466 e. The first-order valence-electron chi connectivity index (χ1n) is 7.66. The standard InChI is InChI=1S/C15H30N2O2/c1-4-19-14(18)8-6-5-7-11-17-12-9-15(2,16-3)10-13-17/h16H,4-13H2,1-3H3. The summed E-state index contributed by atoms with van der Waals surface area (Å²) < 4.78 is 4.92. The van der Waals surface area contributed by atoms with Crippen LogP contribution in [0, 0.1) is 0 Å². The van der Waals surface area contributed by atoms with E-state index in [0.717, 1.165) is 12.8 Å². The number of nitrogens with zero attached hydrogens (tertiary/aromatic N) is 1. The molecule has 1 heterocycles. The lowest BCUT2D eigenvalue weighted by Crippen LogP contribution is -2.50. The average Bonchev–Trinajstić information content (AvgIpc) is 2.41. The van der Waals surface area contributed by atoms with E-state index in [9.17, 15) is 4.79 Å². The van der Waals surface area contributed by atoms with Gasteiger partial charge < -0.3 is 15.0 Å². The maximum atomic E-state index is 11.2. The van der Waals surface area contributed by atoms with Crippen LogP contribution in [0.3, 0.4) is 0 Å². The molecule has 112 valence electrons. The molecule has 1 N–H and O–H groups in total. The number of likely N-dealkylation sites (tertiary alicyclic amines) is 1. The number of carbonyl (C=O) groups is 1. The molecule has 0 bridgehead atoms. The Balaban J connectivity index is 2.01. The summed E-state index contributed by atoms with van der Waals surface area (Å²) in [6, 6.07) is 0. The van der Waals surface area contributed by atoms with Gasteiger partial charge in [-0.1, -0.05) is 6.42 Å². The van der Waals surface area contributed by atoms with E-state index in [1.165, 1.54) is 38.9 Å². The van der Waals surface area contributed by atoms with Crippen molar-refractivity contribution in [3.63, 3.8) is 0 Å². The predicted octanol–water partition coefficient (Wildman–Crippen LogP) is 2.18. The first kappa shape index (κ1) is 16.4. The molecule has 19 heavy (non-hydrogen) atoms. The monoisotopic (exact) mass is 270 g/mol. The number of carbonyl (C=O) groups excluding carboxylic acids is 1. The second kappa shape index (κ2) is 8.54. The maximum absolute atomic E-state index is 11.2. The number of hydrogen-bond donors (Lipinski definition) is 1. The van der Waals surface area contributed by atoms with Gasteiger partial charge in [-0.3, -0.25) is 4.79 Å². The van der Waals surface area contributed by atoms with Crippen LogP contribution < -0.4 is 5.32 Å². The molecule has 0 spiro atoms. The maximum Gasteiger partial charge on any atom is 0.305 e. The van der Waals surface area contributed by atoms with Crippen LogP contribution in [-0.2, 0) is 9.53 Å². The van der Waals surface area contributed by atoms with Crippen LogP contribution in [0.2, 0.25) is 0 Å². The highest BCUT2D eigenvalue weighted by molar-refractivity contribution is 5.69. The van der Waals surface area contributed by atoms with Crippen LogP contribution >= 0.6 is 0 Å². The molecule has 1 fully saturated rings. The normalized spacial score (nSPS) is 19.3. The number of unbranched alkanes of at least 4 members (excludes halogenated alkanes) is 2. The highest BCUT2D eigenvalue weighted by Crippen LogP contribution is 2.21. The fourth-order valence-corrected chi connectivity index (χ4v) is 2.53. The third-order valence-corrected chi connectivity index (χ3v) is 4.22. The van der Waals surface area contributed by atoms with Crippen LogP contribution in [0.5, 0.6) is 0 Å². The number of esters is 1. The van der Waals surface area contributed by atoms with Gasteiger partial charge in [0.2, 0.25) is 0 Å². The number of nitrogens with one attached hydrogen (secondary N) is 1. The molecule has 1 aliphatic rings. The molecule has 1 aliphatic heterocycles. The zero-order valence-corrected chi connectivity index (χ0v) is 12.8. The van der Waals surface area contributed by atoms with Crippen molar-refractivity contribution in [3.8, 4) is 0 Å². The topological polar surface area (TPSA) is 41.6 Å². The van der Waals surface area contributed by atoms with E-state index in [-0.39, 0.29) is 5.97 Å². The summed E-state index contributed by atoms with van der Waals surface area (Å²) in [5.41, 5.74) is 0.334. The van der Waals surface area contributed by atoms with E-state index in [1.807, 2.05) is 6.92 Å². The second-order valence-electron chi connectivity index (χ2n) is 5.77. The fraction of sp³-hybridized carbons (Fsp3) is 0.933. The van der Waals surface area contributed by atoms with Crippen LogP contribution in [0.15, 0.2) is 0 Å². The molecule has 0 radical (unpaired) electrons. The van der Waals surface area contributed by atoms with Crippen LogP contribution in [-0.4, -0.2) is 49.7 Å². The summed E-state index contributed by atoms with van der Waals surface area (Å²) in [6.45, 7) is 8.21. The first-order valence-corrected chi connectivity index (χ1v) is 7.66. The van der Waals surface area contributed by atoms with Gasteiger partial charge in [0.25, 0.3) is 0 Å². The minimum absolute atomic E-state index is 0.0507. The molecular formula is C15H30N2O2. The van der Waals surface area contributed by atoms with E-state index in [2.05, 4.69) is 24.2 Å². The predicted molar refractivity (Wildman–Crippen MR) is 78.2 cm³/mol. The molecule has 0 atom stereocenters. The van der Waals surface area contributed by atoms with E-state index < -0.39 is 0 Å². The summed E-state index contributed by atoms with van der Waals surface area (Å²) >= 11 is 0. The van der Waals surface area contributed by atoms with Crippen molar-refractivity contribution < 1.29 is 9.53 Å². The number of ether oxygens (including phenoxy) is 1. The lowest BCUT2D eigenvalue weighted by atomic mass is 9.90. The average molecular weight is 270 g/mol. The third-order valence-electron chi connectivity index (χ3n) is 4.22. The molecular weight excluding hydrogens is 240 g/mol. The van der Waals surface area contributed by atoms with Crippen molar-refractivity contribution in [2.24, 2.45) is 0 Å². The van der Waals surface area contributed by atoms with Gasteiger partial charge in [0.05, 0.1) is 6.61 Å². The Kier molecular flexibility index (Phi) is 7.39. The zero-order chi connectivity index (χ0) is 14.1. The molecule has 0 unspecified atom stereocenters. The third kappa shape index (κ3) is 6.39. The highest BCUT2D eigenvalue weighted by Gasteiger charge is 2.27. The molecule has 0 aliphatic carbocycles. The SMILES string of the molecule is CCOC(=O)CCCCCN1CCC(C)(NC)CC1. The van der Waals surface area contributed by atoms with Gasteiger partial charge >= 0.3 is 5.97 Å². The summed E-state index contributed by atoms with van der Waals surface area (Å²) in [7, 11) is 2.06. The molecule has 0 amide bonds. The lowest BCUT2D eigenvalue weighted by Gasteiger charge is -2.39. The first-order chi connectivity index (χ1) is 9.09. The minimum atomic E-state index is -0.0507. The van der Waals surface area contributed by atoms with Gasteiger partial charge in [0, 0.05) is 12.0 Å². The zero-order valence-electron chi connectivity index (χ0n) is 12.8. The van der Waals surface area contributed by atoms with E-state index >= 15 is 0 Å². The summed E-state index contributed by atoms with van der Waals surface area (Å²) in [4.78, 5) is 13.7. The van der Waals surface area contributed by atoms with Gasteiger partial charge in [0.1, 0.15) is 0 Å². The van der Waals surface area contributed by atoms with Crippen molar-refractivity contribution in [2.45, 2.75) is 57.9 Å². The Morgan fingerprint density at radius 3 is 2.53 bits per heavy atom. The Labute approximate surface area is 117 Å². The number of hydrogen-bond acceptors (Lipinski definition) is 4. The highest BCUT2D eigenvalue weighted by atomic mass is 16.5. The van der Waals surface area contributed by atoms with Crippen molar-refractivity contribution in [2.75, 3.05) is 33.3 Å². The quantitative estimate of drug-likeness (QED) is 0.542. The molecule has 0 aromatic rings. The van der Waals surface area contributed by atoms with Crippen LogP contribution in [0.25, 0.3) is 0 Å². The van der Waals surface area contributed by atoms with Gasteiger partial charge in [0.15, 0.2) is 0 Å². The van der Waals surface area contributed by atoms with E-state index in [0.29, 0.717) is 18.6 Å². The van der Waals surface area contributed by atoms with Gasteiger partial charge in [-0.25, -0.2) is 0 Å². The number of rotatable bonds is 8. The van der Waals surface area contributed by atoms with E-state index in [1.54, 1.807) is 0 Å². The van der Waals surface area contributed by atoms with Crippen LogP contribution in [0.1, 0.15) is 52.4 Å². The lowest BCUT2D eigenvalue weighted by molar-refractivity contribution is -0.143. The number of piperidine rings is 1. The Hall–Kier alpha value is -0.610. The van der Waals surface area contributed by atoms with Crippen LogP contribution in [0.4, 0.5) is 0 Å². The Bertz CT molecular complexity index is 261. The summed E-state index contributed by atoms with van der Waals surface area (Å²) in [5.74, 6) is -0.0507.